The van der Waals surface area contributed by atoms with E-state index in [0.717, 1.165) is 11.4 Å². The summed E-state index contributed by atoms with van der Waals surface area (Å²) in [6, 6.07) is 11.8. The quantitative estimate of drug-likeness (QED) is 0.678. The van der Waals surface area contributed by atoms with Crippen LogP contribution in [-0.4, -0.2) is 26.2 Å². The number of anilines is 1. The van der Waals surface area contributed by atoms with Crippen molar-refractivity contribution in [1.29, 1.82) is 0 Å². The summed E-state index contributed by atoms with van der Waals surface area (Å²) in [6.07, 6.45) is 0.114. The Balaban J connectivity index is 1.72. The Morgan fingerprint density at radius 3 is 2.83 bits per heavy atom. The number of aromatic amines is 1. The highest BCUT2D eigenvalue weighted by Crippen LogP contribution is 2.23. The minimum atomic E-state index is -0.203. The number of benzene rings is 2. The zero-order chi connectivity index (χ0) is 17.1. The summed E-state index contributed by atoms with van der Waals surface area (Å²) >= 11 is 6.02. The molecule has 0 spiro atoms. The van der Waals surface area contributed by atoms with Gasteiger partial charge in [0.25, 0.3) is 0 Å². The second kappa shape index (κ2) is 6.72. The number of nitrogens with one attached hydrogen (secondary N) is 2. The van der Waals surface area contributed by atoms with Crippen molar-refractivity contribution in [3.05, 3.63) is 58.9 Å². The minimum Gasteiger partial charge on any atom is -0.508 e. The van der Waals surface area contributed by atoms with Gasteiger partial charge in [-0.2, -0.15) is 5.10 Å². The summed E-state index contributed by atoms with van der Waals surface area (Å²) in [5, 5.41) is 19.4. The third-order valence-electron chi connectivity index (χ3n) is 3.39. The van der Waals surface area contributed by atoms with E-state index < -0.39 is 0 Å². The molecule has 3 N–H and O–H groups in total. The van der Waals surface area contributed by atoms with Crippen molar-refractivity contribution in [2.24, 2.45) is 0 Å². The molecule has 0 radical (unpaired) electrons. The zero-order valence-corrected chi connectivity index (χ0v) is 13.6. The van der Waals surface area contributed by atoms with Crippen LogP contribution in [0.5, 0.6) is 5.75 Å². The number of aromatic hydroxyl groups is 1. The van der Waals surface area contributed by atoms with Crippen molar-refractivity contribution in [2.75, 3.05) is 5.32 Å². The number of phenols is 1. The SMILES string of the molecule is Cc1nc(-c2cccc(NC(=O)Cc3ccc(O)cc3Cl)c2)n[nH]1. The summed E-state index contributed by atoms with van der Waals surface area (Å²) < 4.78 is 0. The number of hydrogen-bond acceptors (Lipinski definition) is 4. The van der Waals surface area contributed by atoms with E-state index in [2.05, 4.69) is 20.5 Å². The number of rotatable bonds is 4. The van der Waals surface area contributed by atoms with Gasteiger partial charge >= 0.3 is 0 Å². The van der Waals surface area contributed by atoms with Crippen LogP contribution < -0.4 is 5.32 Å². The van der Waals surface area contributed by atoms with E-state index in [0.29, 0.717) is 22.1 Å². The van der Waals surface area contributed by atoms with Crippen LogP contribution in [0.25, 0.3) is 11.4 Å². The molecule has 24 heavy (non-hydrogen) atoms. The summed E-state index contributed by atoms with van der Waals surface area (Å²) in [6.45, 7) is 1.82. The Morgan fingerprint density at radius 2 is 2.12 bits per heavy atom. The Hall–Kier alpha value is -2.86. The number of aryl methyl sites for hydroxylation is 1. The molecule has 6 nitrogen and oxygen atoms in total. The van der Waals surface area contributed by atoms with Crippen LogP contribution in [-0.2, 0) is 11.2 Å². The van der Waals surface area contributed by atoms with Gasteiger partial charge in [0.2, 0.25) is 5.91 Å². The van der Waals surface area contributed by atoms with E-state index in [-0.39, 0.29) is 18.1 Å². The lowest BCUT2D eigenvalue weighted by Crippen LogP contribution is -2.14. The zero-order valence-electron chi connectivity index (χ0n) is 12.9. The minimum absolute atomic E-state index is 0.0682. The molecule has 0 atom stereocenters. The van der Waals surface area contributed by atoms with Crippen molar-refractivity contribution in [1.82, 2.24) is 15.2 Å². The number of halogens is 1. The fourth-order valence-electron chi connectivity index (χ4n) is 2.27. The molecule has 0 aliphatic rings. The first-order chi connectivity index (χ1) is 11.5. The molecular formula is C17H15ClN4O2. The van der Waals surface area contributed by atoms with Gasteiger partial charge in [-0.1, -0.05) is 29.8 Å². The maximum atomic E-state index is 12.2. The Kier molecular flexibility index (Phi) is 4.48. The normalized spacial score (nSPS) is 10.6. The van der Waals surface area contributed by atoms with E-state index in [1.54, 1.807) is 18.2 Å². The predicted octanol–water partition coefficient (Wildman–Crippen LogP) is 3.32. The number of carbonyl (C=O) groups is 1. The Labute approximate surface area is 143 Å². The van der Waals surface area contributed by atoms with E-state index >= 15 is 0 Å². The molecule has 0 fully saturated rings. The van der Waals surface area contributed by atoms with Gasteiger partial charge in [-0.25, -0.2) is 4.98 Å². The van der Waals surface area contributed by atoms with Gasteiger partial charge in [0.1, 0.15) is 11.6 Å². The van der Waals surface area contributed by atoms with Crippen LogP contribution in [0.2, 0.25) is 5.02 Å². The Morgan fingerprint density at radius 1 is 1.29 bits per heavy atom. The first-order valence-corrected chi connectivity index (χ1v) is 7.66. The first kappa shape index (κ1) is 16.0. The standard InChI is InChI=1S/C17H15ClN4O2/c1-10-19-17(22-21-10)12-3-2-4-13(7-12)20-16(24)8-11-5-6-14(23)9-15(11)18/h2-7,9,23H,8H2,1H3,(H,20,24)(H,19,21,22). The van der Waals surface area contributed by atoms with Crippen molar-refractivity contribution < 1.29 is 9.90 Å². The van der Waals surface area contributed by atoms with Crippen LogP contribution >= 0.6 is 11.6 Å². The van der Waals surface area contributed by atoms with Gasteiger partial charge in [-0.15, -0.1) is 0 Å². The summed E-state index contributed by atoms with van der Waals surface area (Å²) in [5.41, 5.74) is 2.10. The molecular weight excluding hydrogens is 328 g/mol. The predicted molar refractivity (Wildman–Crippen MR) is 92.0 cm³/mol. The summed E-state index contributed by atoms with van der Waals surface area (Å²) in [7, 11) is 0. The number of H-pyrrole nitrogens is 1. The maximum absolute atomic E-state index is 12.2. The average molecular weight is 343 g/mol. The van der Waals surface area contributed by atoms with E-state index in [9.17, 15) is 9.90 Å². The lowest BCUT2D eigenvalue weighted by molar-refractivity contribution is -0.115. The van der Waals surface area contributed by atoms with Crippen molar-refractivity contribution in [2.45, 2.75) is 13.3 Å². The van der Waals surface area contributed by atoms with Crippen LogP contribution in [0.15, 0.2) is 42.5 Å². The fourth-order valence-corrected chi connectivity index (χ4v) is 2.51. The fraction of sp³-hybridized carbons (Fsp3) is 0.118. The van der Waals surface area contributed by atoms with Gasteiger partial charge in [0.15, 0.2) is 5.82 Å². The number of amides is 1. The largest absolute Gasteiger partial charge is 0.508 e. The third-order valence-corrected chi connectivity index (χ3v) is 3.74. The van der Waals surface area contributed by atoms with Gasteiger partial charge in [0, 0.05) is 16.3 Å². The van der Waals surface area contributed by atoms with E-state index in [4.69, 9.17) is 11.6 Å². The molecule has 1 heterocycles. The molecule has 1 amide bonds. The second-order valence-electron chi connectivity index (χ2n) is 5.33. The third kappa shape index (κ3) is 3.72. The highest BCUT2D eigenvalue weighted by atomic mass is 35.5. The number of hydrogen-bond donors (Lipinski definition) is 3. The molecule has 0 saturated heterocycles. The van der Waals surface area contributed by atoms with Crippen molar-refractivity contribution in [3.63, 3.8) is 0 Å². The van der Waals surface area contributed by atoms with Crippen molar-refractivity contribution in [3.8, 4) is 17.1 Å². The molecule has 0 bridgehead atoms. The second-order valence-corrected chi connectivity index (χ2v) is 5.73. The number of phenolic OH excluding ortho intramolecular Hbond substituents is 1. The smallest absolute Gasteiger partial charge is 0.228 e. The molecule has 7 heteroatoms. The summed E-state index contributed by atoms with van der Waals surface area (Å²) in [5.74, 6) is 1.16. The van der Waals surface area contributed by atoms with E-state index in [1.165, 1.54) is 12.1 Å². The molecule has 0 saturated carbocycles. The monoisotopic (exact) mass is 342 g/mol. The highest BCUT2D eigenvalue weighted by Gasteiger charge is 2.10. The lowest BCUT2D eigenvalue weighted by atomic mass is 10.1. The average Bonchev–Trinajstić information content (AvgIpc) is 2.97. The molecule has 1 aromatic heterocycles. The number of nitrogens with zero attached hydrogens (tertiary/aromatic N) is 2. The van der Waals surface area contributed by atoms with Crippen LogP contribution in [0.3, 0.4) is 0 Å². The maximum Gasteiger partial charge on any atom is 0.228 e. The molecule has 3 rings (SSSR count). The number of carbonyl (C=O) groups excluding carboxylic acids is 1. The molecule has 2 aromatic carbocycles. The van der Waals surface area contributed by atoms with Crippen LogP contribution in [0.1, 0.15) is 11.4 Å². The number of aromatic nitrogens is 3. The van der Waals surface area contributed by atoms with E-state index in [1.807, 2.05) is 19.1 Å². The topological polar surface area (TPSA) is 90.9 Å². The first-order valence-electron chi connectivity index (χ1n) is 7.28. The summed E-state index contributed by atoms with van der Waals surface area (Å²) in [4.78, 5) is 16.5. The molecule has 0 unspecified atom stereocenters. The van der Waals surface area contributed by atoms with Crippen LogP contribution in [0.4, 0.5) is 5.69 Å². The molecule has 122 valence electrons. The van der Waals surface area contributed by atoms with Crippen molar-refractivity contribution >= 4 is 23.2 Å². The molecule has 0 aliphatic carbocycles. The van der Waals surface area contributed by atoms with Gasteiger partial charge in [-0.3, -0.25) is 9.89 Å². The molecule has 0 aliphatic heterocycles. The van der Waals surface area contributed by atoms with Gasteiger partial charge in [-0.05, 0) is 36.8 Å². The Bertz CT molecular complexity index is 892. The van der Waals surface area contributed by atoms with Gasteiger partial charge in [0.05, 0.1) is 6.42 Å². The molecule has 3 aromatic rings. The van der Waals surface area contributed by atoms with Crippen LogP contribution in [0, 0.1) is 6.92 Å². The lowest BCUT2D eigenvalue weighted by Gasteiger charge is -2.08. The van der Waals surface area contributed by atoms with Gasteiger partial charge < -0.3 is 10.4 Å². The highest BCUT2D eigenvalue weighted by molar-refractivity contribution is 6.31.